The van der Waals surface area contributed by atoms with Gasteiger partial charge in [0.05, 0.1) is 17.9 Å². The van der Waals surface area contributed by atoms with E-state index in [2.05, 4.69) is 16.6 Å². The van der Waals surface area contributed by atoms with Gasteiger partial charge in [-0.25, -0.2) is 13.2 Å². The molecular weight excluding hydrogens is 414 g/mol. The quantitative estimate of drug-likeness (QED) is 0.492. The lowest BCUT2D eigenvalue weighted by molar-refractivity contribution is -0.131. The molecule has 2 aliphatic carbocycles. The zero-order chi connectivity index (χ0) is 22.5. The molecule has 1 saturated heterocycles. The minimum atomic E-state index is -3.78. The van der Waals surface area contributed by atoms with E-state index >= 15 is 0 Å². The van der Waals surface area contributed by atoms with Gasteiger partial charge in [-0.3, -0.25) is 19.2 Å². The van der Waals surface area contributed by atoms with Crippen LogP contribution in [-0.2, 0) is 24.3 Å². The molecule has 10 nitrogen and oxygen atoms in total. The zero-order valence-electron chi connectivity index (χ0n) is 17.4. The highest BCUT2D eigenvalue weighted by molar-refractivity contribution is 7.91. The van der Waals surface area contributed by atoms with E-state index in [1.54, 1.807) is 20.8 Å². The van der Waals surface area contributed by atoms with Crippen molar-refractivity contribution >= 4 is 27.9 Å². The van der Waals surface area contributed by atoms with Crippen molar-refractivity contribution in [1.82, 2.24) is 14.9 Å². The summed E-state index contributed by atoms with van der Waals surface area (Å²) in [6, 6.07) is -1.04. The number of hydrogen-bond donors (Lipinski definition) is 3. The summed E-state index contributed by atoms with van der Waals surface area (Å²) in [7, 11) is -3.78. The van der Waals surface area contributed by atoms with Gasteiger partial charge in [0.25, 0.3) is 5.91 Å². The first-order chi connectivity index (χ1) is 13.8. The number of likely N-dealkylation sites (tertiary alicyclic amines) is 1. The summed E-state index contributed by atoms with van der Waals surface area (Å²) in [4.78, 5) is 39.3. The van der Waals surface area contributed by atoms with Crippen LogP contribution < -0.4 is 10.0 Å². The predicted molar refractivity (Wildman–Crippen MR) is 107 cm³/mol. The fraction of sp³-hybridized carbons (Fsp3) is 0.737. The Morgan fingerprint density at radius 2 is 1.90 bits per heavy atom. The molecule has 0 unspecified atom stereocenters. The van der Waals surface area contributed by atoms with E-state index in [1.165, 1.54) is 6.08 Å². The SMILES string of the molecule is C=C[C@@H]1C[C@]1(NC(=O)[C@@H]1C[C@@H](O)CN1C(=O)OC(C)(C)C)C(=O)NS(=O)(=O)C1CC1. The summed E-state index contributed by atoms with van der Waals surface area (Å²) < 4.78 is 31.7. The monoisotopic (exact) mass is 443 g/mol. The molecule has 1 heterocycles. The number of rotatable bonds is 6. The van der Waals surface area contributed by atoms with Gasteiger partial charge in [-0.2, -0.15) is 0 Å². The van der Waals surface area contributed by atoms with Gasteiger partial charge in [0, 0.05) is 12.3 Å². The first kappa shape index (κ1) is 22.5. The Labute approximate surface area is 176 Å². The van der Waals surface area contributed by atoms with E-state index in [4.69, 9.17) is 4.74 Å². The number of sulfonamides is 1. The third kappa shape index (κ3) is 4.61. The molecule has 0 aromatic carbocycles. The number of aliphatic hydroxyl groups excluding tert-OH is 1. The third-order valence-electron chi connectivity index (χ3n) is 5.46. The molecule has 168 valence electrons. The number of amides is 3. The molecular formula is C19H29N3O7S. The van der Waals surface area contributed by atoms with Gasteiger partial charge in [-0.15, -0.1) is 6.58 Å². The molecule has 3 fully saturated rings. The number of nitrogens with zero attached hydrogens (tertiary/aromatic N) is 1. The van der Waals surface area contributed by atoms with Crippen molar-refractivity contribution in [1.29, 1.82) is 0 Å². The maximum Gasteiger partial charge on any atom is 0.411 e. The van der Waals surface area contributed by atoms with Crippen LogP contribution in [0, 0.1) is 5.92 Å². The third-order valence-corrected chi connectivity index (χ3v) is 7.28. The van der Waals surface area contributed by atoms with Gasteiger partial charge < -0.3 is 15.2 Å². The van der Waals surface area contributed by atoms with Crippen LogP contribution in [0.1, 0.15) is 46.5 Å². The van der Waals surface area contributed by atoms with Crippen LogP contribution in [0.25, 0.3) is 0 Å². The van der Waals surface area contributed by atoms with Crippen molar-refractivity contribution in [2.24, 2.45) is 5.92 Å². The van der Waals surface area contributed by atoms with E-state index in [-0.39, 0.29) is 19.4 Å². The highest BCUT2D eigenvalue weighted by atomic mass is 32.2. The molecule has 3 amide bonds. The Balaban J connectivity index is 1.73. The predicted octanol–water partition coefficient (Wildman–Crippen LogP) is 0.0260. The molecule has 0 aromatic rings. The van der Waals surface area contributed by atoms with Crippen LogP contribution >= 0.6 is 0 Å². The van der Waals surface area contributed by atoms with E-state index in [9.17, 15) is 27.9 Å². The average molecular weight is 444 g/mol. The fourth-order valence-electron chi connectivity index (χ4n) is 3.60. The Morgan fingerprint density at radius 3 is 2.40 bits per heavy atom. The largest absolute Gasteiger partial charge is 0.444 e. The molecule has 3 aliphatic rings. The van der Waals surface area contributed by atoms with Crippen molar-refractivity contribution in [3.8, 4) is 0 Å². The molecule has 1 aliphatic heterocycles. The summed E-state index contributed by atoms with van der Waals surface area (Å²) in [6.07, 6.45) is 1.01. The maximum absolute atomic E-state index is 13.0. The van der Waals surface area contributed by atoms with Crippen molar-refractivity contribution < 1.29 is 32.6 Å². The summed E-state index contributed by atoms with van der Waals surface area (Å²) >= 11 is 0. The first-order valence-corrected chi connectivity index (χ1v) is 11.5. The number of ether oxygens (including phenoxy) is 1. The number of hydrogen-bond acceptors (Lipinski definition) is 7. The average Bonchev–Trinajstić information content (AvgIpc) is 3.50. The van der Waals surface area contributed by atoms with E-state index in [0.717, 1.165) is 4.90 Å². The summed E-state index contributed by atoms with van der Waals surface area (Å²) in [5, 5.41) is 12.0. The van der Waals surface area contributed by atoms with Crippen molar-refractivity contribution in [2.75, 3.05) is 6.54 Å². The van der Waals surface area contributed by atoms with Crippen molar-refractivity contribution in [3.05, 3.63) is 12.7 Å². The molecule has 0 aromatic heterocycles. The van der Waals surface area contributed by atoms with Crippen LogP contribution in [-0.4, -0.2) is 71.4 Å². The standard InChI is InChI=1S/C19H29N3O7S/c1-5-11-9-19(11,16(25)21-30(27,28)13-6-7-13)20-15(24)14-8-12(23)10-22(14)17(26)29-18(2,3)4/h5,11-14,23H,1,6-10H2,2-4H3,(H,20,24)(H,21,25)/t11-,12-,14+,19-/m1/s1. The Hall–Kier alpha value is -2.14. The smallest absolute Gasteiger partial charge is 0.411 e. The van der Waals surface area contributed by atoms with Gasteiger partial charge >= 0.3 is 6.09 Å². The zero-order valence-corrected chi connectivity index (χ0v) is 18.2. The molecule has 0 radical (unpaired) electrons. The second kappa shape index (κ2) is 7.52. The second-order valence-electron chi connectivity index (χ2n) is 9.22. The number of carbonyl (C=O) groups excluding carboxylic acids is 3. The van der Waals surface area contributed by atoms with Crippen molar-refractivity contribution in [2.45, 2.75) is 75.0 Å². The lowest BCUT2D eigenvalue weighted by Crippen LogP contribution is -2.56. The van der Waals surface area contributed by atoms with Gasteiger partial charge in [0.15, 0.2) is 0 Å². The molecule has 0 spiro atoms. The number of β-amino-alcohol motifs (C(OH)–C–C–N with tert-alkyl or cyclic N) is 1. The normalized spacial score (nSPS) is 31.1. The van der Waals surface area contributed by atoms with Crippen molar-refractivity contribution in [3.63, 3.8) is 0 Å². The second-order valence-corrected chi connectivity index (χ2v) is 11.2. The lowest BCUT2D eigenvalue weighted by Gasteiger charge is -2.29. The van der Waals surface area contributed by atoms with Crippen LogP contribution in [0.4, 0.5) is 4.79 Å². The Kier molecular flexibility index (Phi) is 5.65. The maximum atomic E-state index is 13.0. The number of nitrogens with one attached hydrogen (secondary N) is 2. The molecule has 4 atom stereocenters. The topological polar surface area (TPSA) is 142 Å². The van der Waals surface area contributed by atoms with Crippen LogP contribution in [0.5, 0.6) is 0 Å². The van der Waals surface area contributed by atoms with Gasteiger partial charge in [0.2, 0.25) is 15.9 Å². The highest BCUT2D eigenvalue weighted by Crippen LogP contribution is 2.45. The minimum Gasteiger partial charge on any atom is -0.444 e. The molecule has 0 bridgehead atoms. The highest BCUT2D eigenvalue weighted by Gasteiger charge is 2.61. The molecule has 11 heteroatoms. The van der Waals surface area contributed by atoms with Crippen LogP contribution in [0.15, 0.2) is 12.7 Å². The van der Waals surface area contributed by atoms with Gasteiger partial charge in [-0.1, -0.05) is 6.08 Å². The first-order valence-electron chi connectivity index (χ1n) is 9.97. The minimum absolute atomic E-state index is 0.0120. The Bertz CT molecular complexity index is 862. The van der Waals surface area contributed by atoms with Gasteiger partial charge in [0.1, 0.15) is 17.2 Å². The lowest BCUT2D eigenvalue weighted by atomic mass is 10.1. The van der Waals surface area contributed by atoms with E-state index in [0.29, 0.717) is 12.8 Å². The molecule has 3 rings (SSSR count). The molecule has 3 N–H and O–H groups in total. The molecule has 2 saturated carbocycles. The Morgan fingerprint density at radius 1 is 1.27 bits per heavy atom. The van der Waals surface area contributed by atoms with Crippen LogP contribution in [0.2, 0.25) is 0 Å². The number of carbonyl (C=O) groups is 3. The molecule has 30 heavy (non-hydrogen) atoms. The van der Waals surface area contributed by atoms with E-state index < -0.39 is 62.4 Å². The number of aliphatic hydroxyl groups is 1. The summed E-state index contributed by atoms with van der Waals surface area (Å²) in [5.74, 6) is -1.90. The van der Waals surface area contributed by atoms with E-state index in [1.807, 2.05) is 0 Å². The fourth-order valence-corrected chi connectivity index (χ4v) is 4.97. The summed E-state index contributed by atoms with van der Waals surface area (Å²) in [5.41, 5.74) is -2.22. The summed E-state index contributed by atoms with van der Waals surface area (Å²) in [6.45, 7) is 8.62. The van der Waals surface area contributed by atoms with Gasteiger partial charge in [-0.05, 0) is 40.0 Å². The van der Waals surface area contributed by atoms with Crippen LogP contribution in [0.3, 0.4) is 0 Å².